The van der Waals surface area contributed by atoms with Gasteiger partial charge in [0.05, 0.1) is 13.2 Å². The van der Waals surface area contributed by atoms with Crippen LogP contribution in [-0.4, -0.2) is 29.9 Å². The normalized spacial score (nSPS) is 10.1. The molecule has 1 N–H and O–H groups in total. The molecule has 1 heterocycles. The summed E-state index contributed by atoms with van der Waals surface area (Å²) in [6, 6.07) is 3.55. The van der Waals surface area contributed by atoms with E-state index in [1.54, 1.807) is 18.3 Å². The maximum Gasteiger partial charge on any atom is 0.218 e. The molecule has 1 aromatic rings. The van der Waals surface area contributed by atoms with Crippen LogP contribution < -0.4 is 4.74 Å². The van der Waals surface area contributed by atoms with Crippen molar-refractivity contribution in [3.8, 4) is 5.88 Å². The first-order valence-electron chi connectivity index (χ1n) is 4.63. The molecule has 0 radical (unpaired) electrons. The van der Waals surface area contributed by atoms with E-state index in [0.717, 1.165) is 0 Å². The number of aliphatic hydroxyl groups excluding tert-OH is 1. The van der Waals surface area contributed by atoms with Crippen molar-refractivity contribution >= 4 is 0 Å². The highest BCUT2D eigenvalue weighted by atomic mass is 16.5. The first kappa shape index (κ1) is 10.9. The first-order chi connectivity index (χ1) is 6.88. The average molecular weight is 197 g/mol. The molecular weight excluding hydrogens is 182 g/mol. The smallest absolute Gasteiger partial charge is 0.218 e. The maximum atomic E-state index is 8.97. The van der Waals surface area contributed by atoms with Gasteiger partial charge in [-0.15, -0.1) is 0 Å². The molecule has 4 heteroatoms. The second-order valence-electron chi connectivity index (χ2n) is 2.67. The van der Waals surface area contributed by atoms with Crippen LogP contribution in [0.5, 0.6) is 5.88 Å². The van der Waals surface area contributed by atoms with E-state index in [4.69, 9.17) is 14.6 Å². The van der Waals surface area contributed by atoms with Crippen LogP contribution in [0.15, 0.2) is 18.3 Å². The van der Waals surface area contributed by atoms with E-state index in [2.05, 4.69) is 4.98 Å². The number of hydrogen-bond acceptors (Lipinski definition) is 4. The molecule has 14 heavy (non-hydrogen) atoms. The van der Waals surface area contributed by atoms with E-state index in [1.165, 1.54) is 0 Å². The van der Waals surface area contributed by atoms with Crippen molar-refractivity contribution in [2.24, 2.45) is 0 Å². The summed E-state index contributed by atoms with van der Waals surface area (Å²) < 4.78 is 10.4. The lowest BCUT2D eigenvalue weighted by Gasteiger charge is -2.07. The van der Waals surface area contributed by atoms with Gasteiger partial charge in [0.15, 0.2) is 0 Å². The Labute approximate surface area is 83.5 Å². The van der Waals surface area contributed by atoms with Crippen molar-refractivity contribution in [3.63, 3.8) is 0 Å². The maximum absolute atomic E-state index is 8.97. The standard InChI is InChI=1S/C10H15NO3/c1-2-13-6-7-14-10-9(8-12)4-3-5-11-10/h3-5,12H,2,6-8H2,1H3. The molecule has 0 unspecified atom stereocenters. The van der Waals surface area contributed by atoms with Gasteiger partial charge in [0.25, 0.3) is 0 Å². The molecule has 1 aromatic heterocycles. The summed E-state index contributed by atoms with van der Waals surface area (Å²) in [4.78, 5) is 4.01. The Balaban J connectivity index is 2.41. The van der Waals surface area contributed by atoms with Crippen LogP contribution in [0.3, 0.4) is 0 Å². The third kappa shape index (κ3) is 3.32. The fraction of sp³-hybridized carbons (Fsp3) is 0.500. The number of rotatable bonds is 6. The predicted octanol–water partition coefficient (Wildman–Crippen LogP) is 0.989. The summed E-state index contributed by atoms with van der Waals surface area (Å²) in [5, 5.41) is 8.97. The summed E-state index contributed by atoms with van der Waals surface area (Å²) in [6.45, 7) is 3.55. The van der Waals surface area contributed by atoms with Gasteiger partial charge in [0, 0.05) is 18.4 Å². The fourth-order valence-corrected chi connectivity index (χ4v) is 1.02. The predicted molar refractivity (Wildman–Crippen MR) is 52.1 cm³/mol. The van der Waals surface area contributed by atoms with Gasteiger partial charge in [-0.3, -0.25) is 0 Å². The second-order valence-corrected chi connectivity index (χ2v) is 2.67. The minimum atomic E-state index is -0.0577. The molecule has 1 rings (SSSR count). The van der Waals surface area contributed by atoms with Crippen molar-refractivity contribution in [2.45, 2.75) is 13.5 Å². The van der Waals surface area contributed by atoms with E-state index in [-0.39, 0.29) is 6.61 Å². The Morgan fingerprint density at radius 1 is 1.43 bits per heavy atom. The van der Waals surface area contributed by atoms with Crippen molar-refractivity contribution in [1.82, 2.24) is 4.98 Å². The Bertz CT molecular complexity index is 265. The second kappa shape index (κ2) is 6.34. The minimum absolute atomic E-state index is 0.0577. The van der Waals surface area contributed by atoms with Gasteiger partial charge in [-0.05, 0) is 19.1 Å². The lowest BCUT2D eigenvalue weighted by atomic mass is 10.3. The number of nitrogens with zero attached hydrogens (tertiary/aromatic N) is 1. The van der Waals surface area contributed by atoms with Crippen LogP contribution in [0.1, 0.15) is 12.5 Å². The molecule has 0 saturated heterocycles. The largest absolute Gasteiger partial charge is 0.475 e. The Morgan fingerprint density at radius 2 is 2.29 bits per heavy atom. The van der Waals surface area contributed by atoms with Gasteiger partial charge in [0.2, 0.25) is 5.88 Å². The fourth-order valence-electron chi connectivity index (χ4n) is 1.02. The first-order valence-corrected chi connectivity index (χ1v) is 4.63. The van der Waals surface area contributed by atoms with Crippen LogP contribution >= 0.6 is 0 Å². The van der Waals surface area contributed by atoms with E-state index in [0.29, 0.717) is 31.3 Å². The highest BCUT2D eigenvalue weighted by molar-refractivity contribution is 5.24. The monoisotopic (exact) mass is 197 g/mol. The lowest BCUT2D eigenvalue weighted by Crippen LogP contribution is -2.08. The van der Waals surface area contributed by atoms with Crippen LogP contribution in [-0.2, 0) is 11.3 Å². The Hall–Kier alpha value is -1.13. The molecule has 0 atom stereocenters. The summed E-state index contributed by atoms with van der Waals surface area (Å²) in [5.74, 6) is 0.481. The quantitative estimate of drug-likeness (QED) is 0.691. The molecular formula is C10H15NO3. The number of pyridine rings is 1. The van der Waals surface area contributed by atoms with Crippen LogP contribution in [0.4, 0.5) is 0 Å². The molecule has 4 nitrogen and oxygen atoms in total. The summed E-state index contributed by atoms with van der Waals surface area (Å²) in [7, 11) is 0. The zero-order valence-corrected chi connectivity index (χ0v) is 8.27. The van der Waals surface area contributed by atoms with Gasteiger partial charge in [-0.1, -0.05) is 0 Å². The molecule has 0 aliphatic heterocycles. The molecule has 0 aliphatic rings. The SMILES string of the molecule is CCOCCOc1ncccc1CO. The van der Waals surface area contributed by atoms with E-state index >= 15 is 0 Å². The molecule has 78 valence electrons. The van der Waals surface area contributed by atoms with Crippen molar-refractivity contribution in [3.05, 3.63) is 23.9 Å². The van der Waals surface area contributed by atoms with Gasteiger partial charge in [-0.25, -0.2) is 4.98 Å². The highest BCUT2D eigenvalue weighted by Gasteiger charge is 2.02. The minimum Gasteiger partial charge on any atom is -0.475 e. The zero-order valence-electron chi connectivity index (χ0n) is 8.27. The molecule has 0 fully saturated rings. The third-order valence-electron chi connectivity index (χ3n) is 1.69. The molecule has 0 aromatic carbocycles. The molecule has 0 spiro atoms. The topological polar surface area (TPSA) is 51.6 Å². The van der Waals surface area contributed by atoms with Gasteiger partial charge in [0.1, 0.15) is 6.61 Å². The summed E-state index contributed by atoms with van der Waals surface area (Å²) in [5.41, 5.74) is 0.698. The van der Waals surface area contributed by atoms with Crippen molar-refractivity contribution in [1.29, 1.82) is 0 Å². The summed E-state index contributed by atoms with van der Waals surface area (Å²) >= 11 is 0. The number of ether oxygens (including phenoxy) is 2. The van der Waals surface area contributed by atoms with Crippen molar-refractivity contribution < 1.29 is 14.6 Å². The number of hydrogen-bond donors (Lipinski definition) is 1. The number of aromatic nitrogens is 1. The number of aliphatic hydroxyl groups is 1. The lowest BCUT2D eigenvalue weighted by molar-refractivity contribution is 0.107. The van der Waals surface area contributed by atoms with Gasteiger partial charge >= 0.3 is 0 Å². The van der Waals surface area contributed by atoms with E-state index < -0.39 is 0 Å². The molecule has 0 saturated carbocycles. The zero-order chi connectivity index (χ0) is 10.2. The van der Waals surface area contributed by atoms with Crippen LogP contribution in [0, 0.1) is 0 Å². The Morgan fingerprint density at radius 3 is 3.00 bits per heavy atom. The van der Waals surface area contributed by atoms with Crippen LogP contribution in [0.2, 0.25) is 0 Å². The summed E-state index contributed by atoms with van der Waals surface area (Å²) in [6.07, 6.45) is 1.63. The molecule has 0 bridgehead atoms. The van der Waals surface area contributed by atoms with E-state index in [9.17, 15) is 0 Å². The Kier molecular flexibility index (Phi) is 4.96. The molecule has 0 amide bonds. The molecule has 0 aliphatic carbocycles. The highest BCUT2D eigenvalue weighted by Crippen LogP contribution is 2.13. The third-order valence-corrected chi connectivity index (χ3v) is 1.69. The van der Waals surface area contributed by atoms with Gasteiger partial charge < -0.3 is 14.6 Å². The van der Waals surface area contributed by atoms with Gasteiger partial charge in [-0.2, -0.15) is 0 Å². The average Bonchev–Trinajstić information content (AvgIpc) is 2.25. The van der Waals surface area contributed by atoms with Crippen LogP contribution in [0.25, 0.3) is 0 Å². The van der Waals surface area contributed by atoms with E-state index in [1.807, 2.05) is 6.92 Å². The van der Waals surface area contributed by atoms with Crippen molar-refractivity contribution in [2.75, 3.05) is 19.8 Å².